The van der Waals surface area contributed by atoms with Crippen LogP contribution in [0, 0.1) is 0 Å². The summed E-state index contributed by atoms with van der Waals surface area (Å²) < 4.78 is 0. The van der Waals surface area contributed by atoms with Gasteiger partial charge in [0.15, 0.2) is 5.78 Å². The minimum Gasteiger partial charge on any atom is -0.392 e. The first-order valence-corrected chi connectivity index (χ1v) is 7.53. The van der Waals surface area contributed by atoms with Crippen molar-refractivity contribution in [3.05, 3.63) is 58.7 Å². The van der Waals surface area contributed by atoms with Crippen molar-refractivity contribution in [2.45, 2.75) is 36.2 Å². The number of carbonyl (C=O) groups excluding carboxylic acids is 1. The number of aliphatic hydroxyl groups excluding tert-OH is 1. The van der Waals surface area contributed by atoms with Crippen LogP contribution in [0.2, 0.25) is 0 Å². The molecule has 0 saturated heterocycles. The molecule has 1 N–H and O–H groups in total. The van der Waals surface area contributed by atoms with Crippen LogP contribution in [0.3, 0.4) is 0 Å². The second-order valence-electron chi connectivity index (χ2n) is 5.08. The highest BCUT2D eigenvalue weighted by atomic mass is 32.2. The van der Waals surface area contributed by atoms with E-state index >= 15 is 0 Å². The lowest BCUT2D eigenvalue weighted by molar-refractivity contribution is 0.101. The average Bonchev–Trinajstić information content (AvgIpc) is 2.64. The third-order valence-electron chi connectivity index (χ3n) is 3.66. The normalized spacial score (nSPS) is 13.3. The van der Waals surface area contributed by atoms with E-state index in [2.05, 4.69) is 12.1 Å². The monoisotopic (exact) mass is 284 g/mol. The number of rotatable bonds is 2. The minimum atomic E-state index is 0.0734. The van der Waals surface area contributed by atoms with Crippen molar-refractivity contribution in [3.8, 4) is 0 Å². The summed E-state index contributed by atoms with van der Waals surface area (Å²) in [5.74, 6) is 0.113. The Kier molecular flexibility index (Phi) is 3.64. The Hall–Kier alpha value is -1.58. The topological polar surface area (TPSA) is 37.3 Å². The molecular formula is C17H16O2S. The van der Waals surface area contributed by atoms with Crippen LogP contribution in [-0.2, 0) is 19.4 Å². The summed E-state index contributed by atoms with van der Waals surface area (Å²) in [5, 5.41) is 9.26. The third-order valence-corrected chi connectivity index (χ3v) is 4.88. The van der Waals surface area contributed by atoms with Gasteiger partial charge in [0.05, 0.1) is 6.61 Å². The molecule has 0 radical (unpaired) electrons. The van der Waals surface area contributed by atoms with Gasteiger partial charge in [-0.15, -0.1) is 0 Å². The Bertz CT molecular complexity index is 677. The van der Waals surface area contributed by atoms with Gasteiger partial charge in [-0.2, -0.15) is 0 Å². The number of Topliss-reactive ketones (excluding diaryl/α,β-unsaturated/α-hetero) is 1. The molecule has 0 aromatic heterocycles. The fraction of sp³-hybridized carbons (Fsp3) is 0.235. The van der Waals surface area contributed by atoms with Crippen LogP contribution >= 0.6 is 11.8 Å². The number of fused-ring (bicyclic) bond motifs is 2. The fourth-order valence-electron chi connectivity index (χ4n) is 2.48. The van der Waals surface area contributed by atoms with Crippen LogP contribution in [0.5, 0.6) is 0 Å². The van der Waals surface area contributed by atoms with Gasteiger partial charge < -0.3 is 5.11 Å². The summed E-state index contributed by atoms with van der Waals surface area (Å²) in [6.07, 6.45) is 1.93. The molecule has 1 aliphatic rings. The van der Waals surface area contributed by atoms with Crippen molar-refractivity contribution in [1.82, 2.24) is 0 Å². The molecule has 1 aliphatic heterocycles. The Labute approximate surface area is 122 Å². The molecule has 0 bridgehead atoms. The maximum absolute atomic E-state index is 11.5. The van der Waals surface area contributed by atoms with Gasteiger partial charge in [-0.1, -0.05) is 30.0 Å². The highest BCUT2D eigenvalue weighted by Gasteiger charge is 2.15. The molecule has 1 heterocycles. The van der Waals surface area contributed by atoms with E-state index in [4.69, 9.17) is 0 Å². The lowest BCUT2D eigenvalue weighted by Gasteiger charge is -2.08. The number of hydrogen-bond acceptors (Lipinski definition) is 3. The minimum absolute atomic E-state index is 0.0734. The highest BCUT2D eigenvalue weighted by molar-refractivity contribution is 7.99. The molecular weight excluding hydrogens is 268 g/mol. The van der Waals surface area contributed by atoms with Gasteiger partial charge in [0.1, 0.15) is 0 Å². The number of carbonyl (C=O) groups is 1. The molecule has 2 aromatic rings. The zero-order valence-corrected chi connectivity index (χ0v) is 12.2. The lowest BCUT2D eigenvalue weighted by Crippen LogP contribution is -1.96. The van der Waals surface area contributed by atoms with E-state index in [-0.39, 0.29) is 12.4 Å². The predicted molar refractivity (Wildman–Crippen MR) is 80.3 cm³/mol. The zero-order valence-electron chi connectivity index (χ0n) is 11.3. The van der Waals surface area contributed by atoms with Gasteiger partial charge in [0.2, 0.25) is 0 Å². The van der Waals surface area contributed by atoms with Crippen LogP contribution in [0.1, 0.15) is 34.0 Å². The molecule has 0 fully saturated rings. The van der Waals surface area contributed by atoms with Gasteiger partial charge in [-0.25, -0.2) is 0 Å². The first kappa shape index (κ1) is 13.4. The second kappa shape index (κ2) is 5.43. The smallest absolute Gasteiger partial charge is 0.159 e. The van der Waals surface area contributed by atoms with Crippen LogP contribution in [0.15, 0.2) is 46.2 Å². The third kappa shape index (κ3) is 2.51. The van der Waals surface area contributed by atoms with Crippen molar-refractivity contribution in [3.63, 3.8) is 0 Å². The Morgan fingerprint density at radius 1 is 1.10 bits per heavy atom. The van der Waals surface area contributed by atoms with Crippen LogP contribution in [0.25, 0.3) is 0 Å². The largest absolute Gasteiger partial charge is 0.392 e. The van der Waals surface area contributed by atoms with Gasteiger partial charge in [-0.05, 0) is 54.7 Å². The van der Waals surface area contributed by atoms with Gasteiger partial charge >= 0.3 is 0 Å². The van der Waals surface area contributed by atoms with Gasteiger partial charge in [0, 0.05) is 15.4 Å². The molecule has 2 aromatic carbocycles. The number of aryl methyl sites for hydroxylation is 2. The predicted octanol–water partition coefficient (Wildman–Crippen LogP) is 3.63. The van der Waals surface area contributed by atoms with Crippen molar-refractivity contribution in [1.29, 1.82) is 0 Å². The fourth-order valence-corrected chi connectivity index (χ4v) is 3.66. The Morgan fingerprint density at radius 3 is 2.65 bits per heavy atom. The van der Waals surface area contributed by atoms with Crippen LogP contribution in [-0.4, -0.2) is 10.9 Å². The van der Waals surface area contributed by atoms with Gasteiger partial charge in [-0.3, -0.25) is 4.79 Å². The van der Waals surface area contributed by atoms with E-state index in [1.165, 1.54) is 20.9 Å². The van der Waals surface area contributed by atoms with Crippen molar-refractivity contribution in [2.24, 2.45) is 0 Å². The first-order valence-electron chi connectivity index (χ1n) is 6.72. The molecule has 0 atom stereocenters. The molecule has 0 unspecified atom stereocenters. The summed E-state index contributed by atoms with van der Waals surface area (Å²) in [6, 6.07) is 12.1. The molecule has 2 nitrogen and oxygen atoms in total. The maximum Gasteiger partial charge on any atom is 0.159 e. The summed E-state index contributed by atoms with van der Waals surface area (Å²) in [4.78, 5) is 13.9. The zero-order chi connectivity index (χ0) is 14.1. The molecule has 3 heteroatoms. The van der Waals surface area contributed by atoms with Gasteiger partial charge in [0.25, 0.3) is 0 Å². The number of benzene rings is 2. The number of hydrogen-bond donors (Lipinski definition) is 1. The quantitative estimate of drug-likeness (QED) is 0.856. The standard InChI is InChI=1S/C17H16O2S/c1-11(19)14-6-7-16-15(9-14)5-4-13-3-2-12(10-18)8-17(13)20-16/h2-3,6-9,18H,4-5,10H2,1H3. The van der Waals surface area contributed by atoms with E-state index in [0.29, 0.717) is 0 Å². The maximum atomic E-state index is 11.5. The lowest BCUT2D eigenvalue weighted by atomic mass is 10.0. The molecule has 20 heavy (non-hydrogen) atoms. The van der Waals surface area contributed by atoms with Crippen LogP contribution in [0.4, 0.5) is 0 Å². The molecule has 102 valence electrons. The average molecular weight is 284 g/mol. The van der Waals surface area contributed by atoms with Crippen molar-refractivity contribution < 1.29 is 9.90 Å². The summed E-state index contributed by atoms with van der Waals surface area (Å²) in [7, 11) is 0. The molecule has 0 spiro atoms. The summed E-state index contributed by atoms with van der Waals surface area (Å²) in [5.41, 5.74) is 4.28. The number of aliphatic hydroxyl groups is 1. The van der Waals surface area contributed by atoms with E-state index in [9.17, 15) is 9.90 Å². The van der Waals surface area contributed by atoms with Crippen molar-refractivity contribution in [2.75, 3.05) is 0 Å². The summed E-state index contributed by atoms with van der Waals surface area (Å²) >= 11 is 1.73. The molecule has 0 saturated carbocycles. The number of ketones is 1. The van der Waals surface area contributed by atoms with E-state index < -0.39 is 0 Å². The van der Waals surface area contributed by atoms with E-state index in [1.54, 1.807) is 18.7 Å². The van der Waals surface area contributed by atoms with E-state index in [0.717, 1.165) is 24.0 Å². The summed E-state index contributed by atoms with van der Waals surface area (Å²) in [6.45, 7) is 1.68. The van der Waals surface area contributed by atoms with Crippen LogP contribution < -0.4 is 0 Å². The molecule has 0 amide bonds. The Balaban J connectivity index is 2.01. The molecule has 0 aliphatic carbocycles. The first-order chi connectivity index (χ1) is 9.67. The van der Waals surface area contributed by atoms with E-state index in [1.807, 2.05) is 24.3 Å². The van der Waals surface area contributed by atoms with Crippen molar-refractivity contribution >= 4 is 17.5 Å². The molecule has 3 rings (SSSR count). The highest BCUT2D eigenvalue weighted by Crippen LogP contribution is 2.38. The second-order valence-corrected chi connectivity index (χ2v) is 6.16. The SMILES string of the molecule is CC(=O)c1ccc2c(c1)CCc1ccc(CO)cc1S2. The Morgan fingerprint density at radius 2 is 1.90 bits per heavy atom.